The SMILES string of the molecule is COc1cc(Br)cc(/C=N/NC(=O)CNc2ccc3ccccc3c2)c1O. The zero-order valence-corrected chi connectivity index (χ0v) is 16.2. The molecular formula is C20H18BrN3O3. The largest absolute Gasteiger partial charge is 0.504 e. The number of fused-ring (bicyclic) bond motifs is 1. The Balaban J connectivity index is 1.58. The maximum atomic E-state index is 12.0. The summed E-state index contributed by atoms with van der Waals surface area (Å²) in [7, 11) is 1.46. The molecule has 3 N–H and O–H groups in total. The number of rotatable bonds is 6. The van der Waals surface area contributed by atoms with E-state index in [4.69, 9.17) is 4.74 Å². The predicted octanol–water partition coefficient (Wildman–Crippen LogP) is 3.88. The number of methoxy groups -OCH3 is 1. The van der Waals surface area contributed by atoms with E-state index in [-0.39, 0.29) is 18.2 Å². The van der Waals surface area contributed by atoms with Gasteiger partial charge in [0.25, 0.3) is 5.91 Å². The van der Waals surface area contributed by atoms with Crippen LogP contribution in [0.2, 0.25) is 0 Å². The lowest BCUT2D eigenvalue weighted by molar-refractivity contribution is -0.119. The second-order valence-electron chi connectivity index (χ2n) is 5.75. The topological polar surface area (TPSA) is 83.0 Å². The Bertz CT molecular complexity index is 1000. The van der Waals surface area contributed by atoms with Gasteiger partial charge in [-0.25, -0.2) is 5.43 Å². The quantitative estimate of drug-likeness (QED) is 0.411. The van der Waals surface area contributed by atoms with Crippen molar-refractivity contribution in [1.29, 1.82) is 0 Å². The Labute approximate surface area is 165 Å². The molecule has 0 aliphatic heterocycles. The van der Waals surface area contributed by atoms with Gasteiger partial charge in [-0.3, -0.25) is 4.79 Å². The highest BCUT2D eigenvalue weighted by molar-refractivity contribution is 9.10. The van der Waals surface area contributed by atoms with Gasteiger partial charge in [-0.1, -0.05) is 46.3 Å². The number of hydrogen-bond donors (Lipinski definition) is 3. The average Bonchev–Trinajstić information content (AvgIpc) is 2.68. The van der Waals surface area contributed by atoms with Crippen molar-refractivity contribution in [2.24, 2.45) is 5.10 Å². The van der Waals surface area contributed by atoms with Gasteiger partial charge in [0, 0.05) is 15.7 Å². The summed E-state index contributed by atoms with van der Waals surface area (Å²) in [5.41, 5.74) is 3.69. The maximum Gasteiger partial charge on any atom is 0.259 e. The number of hydrogen-bond acceptors (Lipinski definition) is 5. The van der Waals surface area contributed by atoms with Gasteiger partial charge in [0.1, 0.15) is 0 Å². The lowest BCUT2D eigenvalue weighted by atomic mass is 10.1. The molecule has 0 bridgehead atoms. The molecule has 1 amide bonds. The maximum absolute atomic E-state index is 12.0. The summed E-state index contributed by atoms with van der Waals surface area (Å²) in [5, 5.41) is 19.2. The summed E-state index contributed by atoms with van der Waals surface area (Å²) in [6.07, 6.45) is 1.36. The molecule has 0 spiro atoms. The number of nitrogens with zero attached hydrogens (tertiary/aromatic N) is 1. The van der Waals surface area contributed by atoms with Crippen LogP contribution in [0, 0.1) is 0 Å². The number of hydrazone groups is 1. The molecule has 0 unspecified atom stereocenters. The van der Waals surface area contributed by atoms with Gasteiger partial charge >= 0.3 is 0 Å². The fourth-order valence-corrected chi connectivity index (χ4v) is 3.00. The second-order valence-corrected chi connectivity index (χ2v) is 6.67. The number of halogens is 1. The zero-order chi connectivity index (χ0) is 19.2. The number of benzene rings is 3. The number of aromatic hydroxyl groups is 1. The van der Waals surface area contributed by atoms with Crippen LogP contribution in [-0.2, 0) is 4.79 Å². The molecule has 0 atom stereocenters. The van der Waals surface area contributed by atoms with Crippen molar-refractivity contribution in [3.8, 4) is 11.5 Å². The Kier molecular flexibility index (Phi) is 5.93. The van der Waals surface area contributed by atoms with E-state index in [2.05, 4.69) is 31.8 Å². The minimum absolute atomic E-state index is 0.0482. The molecule has 0 saturated carbocycles. The highest BCUT2D eigenvalue weighted by atomic mass is 79.9. The first-order chi connectivity index (χ1) is 13.1. The summed E-state index contributed by atoms with van der Waals surface area (Å²) >= 11 is 3.33. The number of carbonyl (C=O) groups excluding carboxylic acids is 1. The third-order valence-electron chi connectivity index (χ3n) is 3.88. The Morgan fingerprint density at radius 2 is 1.96 bits per heavy atom. The molecule has 138 valence electrons. The summed E-state index contributed by atoms with van der Waals surface area (Å²) < 4.78 is 5.80. The monoisotopic (exact) mass is 427 g/mol. The van der Waals surface area contributed by atoms with Crippen molar-refractivity contribution in [2.45, 2.75) is 0 Å². The first-order valence-corrected chi connectivity index (χ1v) is 8.97. The van der Waals surface area contributed by atoms with Crippen LogP contribution < -0.4 is 15.5 Å². The Hall–Kier alpha value is -3.06. The summed E-state index contributed by atoms with van der Waals surface area (Å²) in [5.74, 6) is -0.0380. The second kappa shape index (κ2) is 8.55. The highest BCUT2D eigenvalue weighted by Gasteiger charge is 2.08. The number of carbonyl (C=O) groups is 1. The molecule has 0 heterocycles. The number of amides is 1. The van der Waals surface area contributed by atoms with Crippen LogP contribution >= 0.6 is 15.9 Å². The van der Waals surface area contributed by atoms with E-state index in [9.17, 15) is 9.90 Å². The third kappa shape index (κ3) is 4.77. The van der Waals surface area contributed by atoms with Gasteiger partial charge in [0.2, 0.25) is 0 Å². The fraction of sp³-hybridized carbons (Fsp3) is 0.100. The normalized spacial score (nSPS) is 10.9. The number of nitrogens with one attached hydrogen (secondary N) is 2. The van der Waals surface area contributed by atoms with E-state index in [0.29, 0.717) is 11.3 Å². The molecule has 0 aliphatic carbocycles. The zero-order valence-electron chi connectivity index (χ0n) is 14.6. The van der Waals surface area contributed by atoms with Crippen LogP contribution in [0.15, 0.2) is 64.2 Å². The summed E-state index contributed by atoms with van der Waals surface area (Å²) in [6, 6.07) is 17.2. The van der Waals surface area contributed by atoms with E-state index in [1.807, 2.05) is 42.5 Å². The summed E-state index contributed by atoms with van der Waals surface area (Å²) in [4.78, 5) is 12.0. The van der Waals surface area contributed by atoms with Gasteiger partial charge in [0.05, 0.1) is 19.9 Å². The van der Waals surface area contributed by atoms with Gasteiger partial charge in [0.15, 0.2) is 11.5 Å². The van der Waals surface area contributed by atoms with Gasteiger partial charge in [-0.2, -0.15) is 5.10 Å². The van der Waals surface area contributed by atoms with Gasteiger partial charge in [-0.05, 0) is 35.0 Å². The number of anilines is 1. The number of ether oxygens (including phenoxy) is 1. The van der Waals surface area contributed by atoms with Crippen LogP contribution in [0.3, 0.4) is 0 Å². The van der Waals surface area contributed by atoms with Crippen molar-refractivity contribution >= 4 is 44.5 Å². The molecular weight excluding hydrogens is 410 g/mol. The van der Waals surface area contributed by atoms with Crippen LogP contribution in [0.25, 0.3) is 10.8 Å². The molecule has 7 heteroatoms. The number of phenols is 1. The van der Waals surface area contributed by atoms with Crippen molar-refractivity contribution in [1.82, 2.24) is 5.43 Å². The molecule has 6 nitrogen and oxygen atoms in total. The fourth-order valence-electron chi connectivity index (χ4n) is 2.54. The van der Waals surface area contributed by atoms with E-state index in [0.717, 1.165) is 20.9 Å². The average molecular weight is 428 g/mol. The molecule has 3 aromatic rings. The van der Waals surface area contributed by atoms with Crippen LogP contribution in [0.1, 0.15) is 5.56 Å². The molecule has 3 rings (SSSR count). The molecule has 0 aromatic heterocycles. The van der Waals surface area contributed by atoms with E-state index < -0.39 is 0 Å². The third-order valence-corrected chi connectivity index (χ3v) is 4.34. The van der Waals surface area contributed by atoms with E-state index in [1.165, 1.54) is 13.3 Å². The minimum atomic E-state index is -0.305. The van der Waals surface area contributed by atoms with E-state index >= 15 is 0 Å². The highest BCUT2D eigenvalue weighted by Crippen LogP contribution is 2.32. The number of phenolic OH excluding ortho intramolecular Hbond substituents is 1. The van der Waals surface area contributed by atoms with Crippen LogP contribution in [0.4, 0.5) is 5.69 Å². The van der Waals surface area contributed by atoms with Crippen molar-refractivity contribution < 1.29 is 14.6 Å². The first kappa shape index (κ1) is 18.7. The molecule has 0 saturated heterocycles. The minimum Gasteiger partial charge on any atom is -0.504 e. The van der Waals surface area contributed by atoms with Crippen molar-refractivity contribution in [2.75, 3.05) is 19.0 Å². The molecule has 0 radical (unpaired) electrons. The summed E-state index contributed by atoms with van der Waals surface area (Å²) in [6.45, 7) is 0.0729. The lowest BCUT2D eigenvalue weighted by Gasteiger charge is -2.08. The standard InChI is InChI=1S/C20H18BrN3O3/c1-27-18-10-16(21)8-15(20(18)26)11-23-24-19(25)12-22-17-7-6-13-4-2-3-5-14(13)9-17/h2-11,22,26H,12H2,1H3,(H,24,25)/b23-11+. The molecule has 27 heavy (non-hydrogen) atoms. The molecule has 3 aromatic carbocycles. The van der Waals surface area contributed by atoms with Crippen molar-refractivity contribution in [3.05, 3.63) is 64.6 Å². The van der Waals surface area contributed by atoms with Crippen LogP contribution in [0.5, 0.6) is 11.5 Å². The lowest BCUT2D eigenvalue weighted by Crippen LogP contribution is -2.25. The molecule has 0 fully saturated rings. The smallest absolute Gasteiger partial charge is 0.259 e. The molecule has 0 aliphatic rings. The van der Waals surface area contributed by atoms with E-state index in [1.54, 1.807) is 12.1 Å². The van der Waals surface area contributed by atoms with Gasteiger partial charge in [-0.15, -0.1) is 0 Å². The van der Waals surface area contributed by atoms with Gasteiger partial charge < -0.3 is 15.2 Å². The predicted molar refractivity (Wildman–Crippen MR) is 111 cm³/mol. The van der Waals surface area contributed by atoms with Crippen LogP contribution in [-0.4, -0.2) is 30.9 Å². The Morgan fingerprint density at radius 3 is 2.74 bits per heavy atom. The van der Waals surface area contributed by atoms with Crippen molar-refractivity contribution in [3.63, 3.8) is 0 Å². The Morgan fingerprint density at radius 1 is 1.19 bits per heavy atom. The first-order valence-electron chi connectivity index (χ1n) is 8.18.